The molecule has 104 valence electrons. The Balaban J connectivity index is 2.24. The monoisotopic (exact) mass is 264 g/mol. The Kier molecular flexibility index (Phi) is 3.14. The minimum atomic E-state index is -0.665. The molecular formula is C13H21BN2O3. The van der Waals surface area contributed by atoms with Gasteiger partial charge in [-0.05, 0) is 41.5 Å². The highest BCUT2D eigenvalue weighted by atomic mass is 16.7. The molecule has 1 saturated heterocycles. The molecule has 2 heterocycles. The number of aldehydes is 1. The van der Waals surface area contributed by atoms with Crippen molar-refractivity contribution in [2.24, 2.45) is 0 Å². The van der Waals surface area contributed by atoms with E-state index < -0.39 is 12.7 Å². The quantitative estimate of drug-likeness (QED) is 0.606. The van der Waals surface area contributed by atoms with Crippen molar-refractivity contribution in [3.05, 3.63) is 12.4 Å². The Bertz CT molecular complexity index is 478. The highest BCUT2D eigenvalue weighted by Crippen LogP contribution is 2.36. The molecule has 6 heteroatoms. The molecule has 0 amide bonds. The summed E-state index contributed by atoms with van der Waals surface area (Å²) in [4.78, 5) is 11.0. The molecule has 0 spiro atoms. The number of nitrogens with zero attached hydrogens (tertiary/aromatic N) is 2. The molecule has 0 atom stereocenters. The highest BCUT2D eigenvalue weighted by Gasteiger charge is 2.52. The topological polar surface area (TPSA) is 53.4 Å². The van der Waals surface area contributed by atoms with Gasteiger partial charge in [0.1, 0.15) is 11.8 Å². The zero-order valence-electron chi connectivity index (χ0n) is 12.4. The molecule has 0 aliphatic carbocycles. The third-order valence-electron chi connectivity index (χ3n) is 4.01. The van der Waals surface area contributed by atoms with Gasteiger partial charge in [-0.25, -0.2) is 0 Å². The van der Waals surface area contributed by atoms with Crippen molar-refractivity contribution in [1.29, 1.82) is 0 Å². The molecule has 0 radical (unpaired) electrons. The van der Waals surface area contributed by atoms with Crippen molar-refractivity contribution in [1.82, 2.24) is 9.78 Å². The lowest BCUT2D eigenvalue weighted by Crippen LogP contribution is -2.41. The molecule has 0 aromatic carbocycles. The fraction of sp³-hybridized carbons (Fsp3) is 0.692. The number of hydrogen-bond acceptors (Lipinski definition) is 4. The normalized spacial score (nSPS) is 21.7. The van der Waals surface area contributed by atoms with Crippen LogP contribution in [0.1, 0.15) is 41.5 Å². The fourth-order valence-electron chi connectivity index (χ4n) is 1.81. The summed E-state index contributed by atoms with van der Waals surface area (Å²) in [5.41, 5.74) is -0.588. The first-order valence-electron chi connectivity index (χ1n) is 6.46. The molecular weight excluding hydrogens is 243 g/mol. The van der Waals surface area contributed by atoms with Gasteiger partial charge in [0.2, 0.25) is 0 Å². The summed E-state index contributed by atoms with van der Waals surface area (Å²) in [6.45, 7) is 11.6. The molecule has 1 aliphatic rings. The van der Waals surface area contributed by atoms with Crippen molar-refractivity contribution in [3.8, 4) is 0 Å². The summed E-state index contributed by atoms with van der Waals surface area (Å²) >= 11 is 0. The second-order valence-corrected chi connectivity index (χ2v) is 6.58. The Morgan fingerprint density at radius 3 is 2.26 bits per heavy atom. The maximum atomic E-state index is 11.0. The Morgan fingerprint density at radius 2 is 1.79 bits per heavy atom. The van der Waals surface area contributed by atoms with E-state index in [1.54, 1.807) is 30.9 Å². The van der Waals surface area contributed by atoms with E-state index in [-0.39, 0.29) is 11.2 Å². The molecule has 0 bridgehead atoms. The molecule has 1 aromatic heterocycles. The summed E-state index contributed by atoms with van der Waals surface area (Å²) < 4.78 is 13.5. The second-order valence-electron chi connectivity index (χ2n) is 6.58. The van der Waals surface area contributed by atoms with Gasteiger partial charge < -0.3 is 14.1 Å². The van der Waals surface area contributed by atoms with Gasteiger partial charge in [-0.2, -0.15) is 5.10 Å². The van der Waals surface area contributed by atoms with Crippen LogP contribution in [0.5, 0.6) is 0 Å². The number of hydrogen-bond donors (Lipinski definition) is 0. The van der Waals surface area contributed by atoms with Crippen LogP contribution in [0.15, 0.2) is 12.4 Å². The summed E-state index contributed by atoms with van der Waals surface area (Å²) in [5, 5.41) is 4.22. The van der Waals surface area contributed by atoms with Gasteiger partial charge in [-0.15, -0.1) is 0 Å². The molecule has 1 aliphatic heterocycles. The molecule has 2 rings (SSSR count). The zero-order chi connectivity index (χ0) is 14.5. The first-order valence-corrected chi connectivity index (χ1v) is 6.46. The van der Waals surface area contributed by atoms with E-state index in [1.165, 1.54) is 0 Å². The Morgan fingerprint density at radius 1 is 1.26 bits per heavy atom. The maximum absolute atomic E-state index is 11.0. The predicted molar refractivity (Wildman–Crippen MR) is 73.3 cm³/mol. The largest absolute Gasteiger partial charge is 0.498 e. The van der Waals surface area contributed by atoms with Gasteiger partial charge in [-0.3, -0.25) is 4.68 Å². The van der Waals surface area contributed by atoms with Gasteiger partial charge in [0, 0.05) is 17.9 Å². The van der Waals surface area contributed by atoms with Gasteiger partial charge in [0.15, 0.2) is 0 Å². The Hall–Kier alpha value is -1.14. The molecule has 0 saturated carbocycles. The van der Waals surface area contributed by atoms with Crippen LogP contribution in [0.3, 0.4) is 0 Å². The summed E-state index contributed by atoms with van der Waals surface area (Å²) in [5.74, 6) is 0. The summed E-state index contributed by atoms with van der Waals surface area (Å²) in [6.07, 6.45) is 4.36. The van der Waals surface area contributed by atoms with E-state index in [1.807, 2.05) is 27.7 Å². The third kappa shape index (κ3) is 2.34. The van der Waals surface area contributed by atoms with Crippen molar-refractivity contribution in [3.63, 3.8) is 0 Å². The number of carbonyl (C=O) groups is 1. The molecule has 0 N–H and O–H groups in total. The first-order chi connectivity index (χ1) is 8.59. The van der Waals surface area contributed by atoms with Crippen LogP contribution in [0, 0.1) is 0 Å². The van der Waals surface area contributed by atoms with Crippen LogP contribution < -0.4 is 5.46 Å². The van der Waals surface area contributed by atoms with Crippen LogP contribution >= 0.6 is 0 Å². The van der Waals surface area contributed by atoms with E-state index >= 15 is 0 Å². The predicted octanol–water partition coefficient (Wildman–Crippen LogP) is 1.12. The van der Waals surface area contributed by atoms with Gasteiger partial charge >= 0.3 is 7.12 Å². The van der Waals surface area contributed by atoms with Gasteiger partial charge in [0.25, 0.3) is 0 Å². The average molecular weight is 264 g/mol. The summed E-state index contributed by atoms with van der Waals surface area (Å²) in [6, 6.07) is 0. The standard InChI is InChI=1S/C13H21BN2O3/c1-11(2,9-17)16-8-10(7-15-16)14-18-12(3,4)13(5,6)19-14/h7-9H,1-6H3. The van der Waals surface area contributed by atoms with Crippen molar-refractivity contribution < 1.29 is 14.1 Å². The van der Waals surface area contributed by atoms with Crippen LogP contribution in [0.25, 0.3) is 0 Å². The Labute approximate surface area is 114 Å². The van der Waals surface area contributed by atoms with Gasteiger partial charge in [0.05, 0.1) is 11.2 Å². The van der Waals surface area contributed by atoms with E-state index in [0.717, 1.165) is 11.7 Å². The average Bonchev–Trinajstić information content (AvgIpc) is 2.83. The lowest BCUT2D eigenvalue weighted by molar-refractivity contribution is -0.114. The van der Waals surface area contributed by atoms with Crippen LogP contribution in [0.4, 0.5) is 0 Å². The molecule has 19 heavy (non-hydrogen) atoms. The number of rotatable bonds is 3. The van der Waals surface area contributed by atoms with Crippen molar-refractivity contribution >= 4 is 18.9 Å². The molecule has 5 nitrogen and oxygen atoms in total. The van der Waals surface area contributed by atoms with E-state index in [2.05, 4.69) is 5.10 Å². The van der Waals surface area contributed by atoms with Crippen LogP contribution in [-0.2, 0) is 19.6 Å². The SMILES string of the molecule is CC(C)(C=O)n1cc(B2OC(C)(C)C(C)(C)O2)cn1. The molecule has 1 aromatic rings. The van der Waals surface area contributed by atoms with Gasteiger partial charge in [-0.1, -0.05) is 0 Å². The fourth-order valence-corrected chi connectivity index (χ4v) is 1.81. The zero-order valence-corrected chi connectivity index (χ0v) is 12.4. The smallest absolute Gasteiger partial charge is 0.399 e. The lowest BCUT2D eigenvalue weighted by atomic mass is 9.82. The number of aromatic nitrogens is 2. The highest BCUT2D eigenvalue weighted by molar-refractivity contribution is 6.62. The van der Waals surface area contributed by atoms with E-state index in [4.69, 9.17) is 9.31 Å². The lowest BCUT2D eigenvalue weighted by Gasteiger charge is -2.32. The molecule has 1 fully saturated rings. The minimum Gasteiger partial charge on any atom is -0.399 e. The maximum Gasteiger partial charge on any atom is 0.498 e. The van der Waals surface area contributed by atoms with Crippen LogP contribution in [-0.4, -0.2) is 34.4 Å². The molecule has 0 unspecified atom stereocenters. The van der Waals surface area contributed by atoms with E-state index in [0.29, 0.717) is 0 Å². The third-order valence-corrected chi connectivity index (χ3v) is 4.01. The number of carbonyl (C=O) groups excluding carboxylic acids is 1. The summed E-state index contributed by atoms with van der Waals surface area (Å²) in [7, 11) is -0.443. The van der Waals surface area contributed by atoms with E-state index in [9.17, 15) is 4.79 Å². The van der Waals surface area contributed by atoms with Crippen LogP contribution in [0.2, 0.25) is 0 Å². The van der Waals surface area contributed by atoms with Crippen molar-refractivity contribution in [2.45, 2.75) is 58.3 Å². The second kappa shape index (κ2) is 4.18. The first kappa shape index (κ1) is 14.3. The van der Waals surface area contributed by atoms with Crippen molar-refractivity contribution in [2.75, 3.05) is 0 Å². The minimum absolute atomic E-state index is 0.375.